The van der Waals surface area contributed by atoms with Crippen molar-refractivity contribution in [2.24, 2.45) is 4.99 Å². The number of aromatic hydroxyl groups is 1. The molecule has 3 rings (SSSR count). The van der Waals surface area contributed by atoms with E-state index in [0.29, 0.717) is 17.2 Å². The number of para-hydroxylation sites is 1. The third-order valence-electron chi connectivity index (χ3n) is 3.66. The summed E-state index contributed by atoms with van der Waals surface area (Å²) in [5.74, 6) is 2.08. The first-order valence-electron chi connectivity index (χ1n) is 8.01. The Balaban J connectivity index is 1.82. The SMILES string of the molecule is COc1cc(C=Nc2cccc(Oc3ccccc3)c2)cc(OC)c1O. The smallest absolute Gasteiger partial charge is 0.200 e. The van der Waals surface area contributed by atoms with Gasteiger partial charge in [0.25, 0.3) is 0 Å². The maximum atomic E-state index is 9.96. The molecule has 3 aromatic carbocycles. The van der Waals surface area contributed by atoms with E-state index in [1.807, 2.05) is 54.6 Å². The molecular formula is C21H19NO4. The second-order valence-electron chi connectivity index (χ2n) is 5.44. The number of rotatable bonds is 6. The average molecular weight is 349 g/mol. The summed E-state index contributed by atoms with van der Waals surface area (Å²) in [6.45, 7) is 0. The van der Waals surface area contributed by atoms with E-state index < -0.39 is 0 Å². The molecule has 0 atom stereocenters. The van der Waals surface area contributed by atoms with Gasteiger partial charge in [0.15, 0.2) is 11.5 Å². The summed E-state index contributed by atoms with van der Waals surface area (Å²) in [6.07, 6.45) is 1.67. The highest BCUT2D eigenvalue weighted by molar-refractivity contribution is 5.84. The number of hydrogen-bond acceptors (Lipinski definition) is 5. The van der Waals surface area contributed by atoms with Crippen LogP contribution in [0.15, 0.2) is 71.7 Å². The predicted octanol–water partition coefficient (Wildman–Crippen LogP) is 4.95. The van der Waals surface area contributed by atoms with Gasteiger partial charge in [-0.05, 0) is 36.4 Å². The van der Waals surface area contributed by atoms with E-state index in [1.165, 1.54) is 14.2 Å². The van der Waals surface area contributed by atoms with Gasteiger partial charge in [0.1, 0.15) is 11.5 Å². The quantitative estimate of drug-likeness (QED) is 0.640. The molecule has 26 heavy (non-hydrogen) atoms. The van der Waals surface area contributed by atoms with E-state index in [0.717, 1.165) is 17.0 Å². The van der Waals surface area contributed by atoms with Crippen molar-refractivity contribution >= 4 is 11.9 Å². The first-order chi connectivity index (χ1) is 12.7. The van der Waals surface area contributed by atoms with Crippen LogP contribution in [0.5, 0.6) is 28.7 Å². The molecule has 0 heterocycles. The van der Waals surface area contributed by atoms with Gasteiger partial charge in [-0.25, -0.2) is 0 Å². The Morgan fingerprint density at radius 1 is 0.808 bits per heavy atom. The lowest BCUT2D eigenvalue weighted by atomic mass is 10.2. The molecule has 0 aromatic heterocycles. The fourth-order valence-electron chi connectivity index (χ4n) is 2.39. The molecule has 0 aliphatic rings. The summed E-state index contributed by atoms with van der Waals surface area (Å²) >= 11 is 0. The van der Waals surface area contributed by atoms with Crippen LogP contribution in [0, 0.1) is 0 Å². The van der Waals surface area contributed by atoms with Crippen LogP contribution in [-0.2, 0) is 0 Å². The maximum Gasteiger partial charge on any atom is 0.200 e. The van der Waals surface area contributed by atoms with Crippen LogP contribution >= 0.6 is 0 Å². The van der Waals surface area contributed by atoms with Crippen molar-refractivity contribution < 1.29 is 19.3 Å². The number of benzene rings is 3. The van der Waals surface area contributed by atoms with Crippen LogP contribution in [0.25, 0.3) is 0 Å². The van der Waals surface area contributed by atoms with Crippen LogP contribution in [-0.4, -0.2) is 25.5 Å². The van der Waals surface area contributed by atoms with Gasteiger partial charge in [-0.2, -0.15) is 0 Å². The molecule has 0 unspecified atom stereocenters. The van der Waals surface area contributed by atoms with E-state index >= 15 is 0 Å². The number of phenols is 1. The van der Waals surface area contributed by atoms with Crippen molar-refractivity contribution in [3.8, 4) is 28.7 Å². The Hall–Kier alpha value is -3.47. The molecule has 0 amide bonds. The summed E-state index contributed by atoms with van der Waals surface area (Å²) in [4.78, 5) is 4.46. The van der Waals surface area contributed by atoms with E-state index in [4.69, 9.17) is 14.2 Å². The number of methoxy groups -OCH3 is 2. The lowest BCUT2D eigenvalue weighted by Crippen LogP contribution is -1.92. The Morgan fingerprint density at radius 2 is 1.46 bits per heavy atom. The lowest BCUT2D eigenvalue weighted by Gasteiger charge is -2.09. The fourth-order valence-corrected chi connectivity index (χ4v) is 2.39. The highest BCUT2D eigenvalue weighted by Crippen LogP contribution is 2.36. The second kappa shape index (κ2) is 8.07. The molecule has 0 aliphatic carbocycles. The normalized spacial score (nSPS) is 10.7. The molecule has 0 spiro atoms. The zero-order chi connectivity index (χ0) is 18.4. The van der Waals surface area contributed by atoms with Crippen LogP contribution in [0.1, 0.15) is 5.56 Å². The van der Waals surface area contributed by atoms with Gasteiger partial charge in [-0.1, -0.05) is 24.3 Å². The standard InChI is InChI=1S/C21H19NO4/c1-24-19-11-15(12-20(25-2)21(19)23)14-22-16-7-6-10-18(13-16)26-17-8-4-3-5-9-17/h3-14,23H,1-2H3. The predicted molar refractivity (Wildman–Crippen MR) is 101 cm³/mol. The molecule has 0 radical (unpaired) electrons. The van der Waals surface area contributed by atoms with Crippen molar-refractivity contribution in [2.75, 3.05) is 14.2 Å². The van der Waals surface area contributed by atoms with Gasteiger partial charge in [-0.3, -0.25) is 4.99 Å². The highest BCUT2D eigenvalue weighted by atomic mass is 16.5. The molecule has 1 N–H and O–H groups in total. The molecule has 0 saturated heterocycles. The minimum Gasteiger partial charge on any atom is -0.502 e. The van der Waals surface area contributed by atoms with Crippen molar-refractivity contribution in [1.29, 1.82) is 0 Å². The first kappa shape index (κ1) is 17.4. The molecule has 0 saturated carbocycles. The van der Waals surface area contributed by atoms with Gasteiger partial charge >= 0.3 is 0 Å². The Bertz CT molecular complexity index is 882. The topological polar surface area (TPSA) is 60.3 Å². The Morgan fingerprint density at radius 3 is 2.12 bits per heavy atom. The number of hydrogen-bond donors (Lipinski definition) is 1. The molecule has 5 nitrogen and oxygen atoms in total. The van der Waals surface area contributed by atoms with Crippen molar-refractivity contribution in [1.82, 2.24) is 0 Å². The third kappa shape index (κ3) is 4.13. The summed E-state index contributed by atoms with van der Waals surface area (Å²) in [6, 6.07) is 20.4. The van der Waals surface area contributed by atoms with Gasteiger partial charge in [0.2, 0.25) is 5.75 Å². The number of phenolic OH excluding ortho intramolecular Hbond substituents is 1. The lowest BCUT2D eigenvalue weighted by molar-refractivity contribution is 0.340. The third-order valence-corrected chi connectivity index (χ3v) is 3.66. The molecule has 0 fully saturated rings. The Kier molecular flexibility index (Phi) is 5.39. The molecule has 5 heteroatoms. The summed E-state index contributed by atoms with van der Waals surface area (Å²) in [7, 11) is 2.97. The van der Waals surface area contributed by atoms with Crippen LogP contribution in [0.2, 0.25) is 0 Å². The first-order valence-corrected chi connectivity index (χ1v) is 8.01. The molecule has 132 valence electrons. The highest BCUT2D eigenvalue weighted by Gasteiger charge is 2.10. The molecular weight excluding hydrogens is 330 g/mol. The minimum absolute atomic E-state index is 0.0367. The molecule has 0 bridgehead atoms. The van der Waals surface area contributed by atoms with Crippen LogP contribution < -0.4 is 14.2 Å². The van der Waals surface area contributed by atoms with Crippen molar-refractivity contribution in [3.05, 3.63) is 72.3 Å². The van der Waals surface area contributed by atoms with E-state index in [9.17, 15) is 5.11 Å². The van der Waals surface area contributed by atoms with Gasteiger partial charge in [0.05, 0.1) is 19.9 Å². The van der Waals surface area contributed by atoms with Crippen LogP contribution in [0.4, 0.5) is 5.69 Å². The van der Waals surface area contributed by atoms with Gasteiger partial charge < -0.3 is 19.3 Å². The average Bonchev–Trinajstić information content (AvgIpc) is 2.68. The van der Waals surface area contributed by atoms with Crippen LogP contribution in [0.3, 0.4) is 0 Å². The fraction of sp³-hybridized carbons (Fsp3) is 0.0952. The number of ether oxygens (including phenoxy) is 3. The van der Waals surface area contributed by atoms with Gasteiger partial charge in [0, 0.05) is 17.8 Å². The minimum atomic E-state index is -0.0367. The molecule has 0 aliphatic heterocycles. The van der Waals surface area contributed by atoms with Crippen molar-refractivity contribution in [2.45, 2.75) is 0 Å². The summed E-state index contributed by atoms with van der Waals surface area (Å²) < 4.78 is 16.1. The van der Waals surface area contributed by atoms with E-state index in [-0.39, 0.29) is 5.75 Å². The van der Waals surface area contributed by atoms with E-state index in [1.54, 1.807) is 18.3 Å². The zero-order valence-electron chi connectivity index (χ0n) is 14.5. The van der Waals surface area contributed by atoms with Gasteiger partial charge in [-0.15, -0.1) is 0 Å². The number of nitrogens with zero attached hydrogens (tertiary/aromatic N) is 1. The zero-order valence-corrected chi connectivity index (χ0v) is 14.5. The largest absolute Gasteiger partial charge is 0.502 e. The number of aliphatic imine (C=N–C) groups is 1. The van der Waals surface area contributed by atoms with E-state index in [2.05, 4.69) is 4.99 Å². The summed E-state index contributed by atoms with van der Waals surface area (Å²) in [5, 5.41) is 9.96. The van der Waals surface area contributed by atoms with Crippen molar-refractivity contribution in [3.63, 3.8) is 0 Å². The summed E-state index contributed by atoms with van der Waals surface area (Å²) in [5.41, 5.74) is 1.48. The second-order valence-corrected chi connectivity index (χ2v) is 5.44. The molecule has 3 aromatic rings. The maximum absolute atomic E-state index is 9.96. The Labute approximate surface area is 152 Å². The monoisotopic (exact) mass is 349 g/mol.